The van der Waals surface area contributed by atoms with Gasteiger partial charge in [0.25, 0.3) is 5.91 Å². The molecule has 156 valence electrons. The minimum Gasteiger partial charge on any atom is -0.354 e. The zero-order valence-corrected chi connectivity index (χ0v) is 17.2. The summed E-state index contributed by atoms with van der Waals surface area (Å²) < 4.78 is 0. The number of hydroxylamine groups is 1. The van der Waals surface area contributed by atoms with Gasteiger partial charge in [-0.2, -0.15) is 0 Å². The highest BCUT2D eigenvalue weighted by Gasteiger charge is 2.36. The molecule has 1 aliphatic heterocycles. The second-order valence-electron chi connectivity index (χ2n) is 8.10. The molecule has 1 atom stereocenters. The van der Waals surface area contributed by atoms with Crippen molar-refractivity contribution < 1.29 is 19.6 Å². The maximum Gasteiger partial charge on any atom is 0.321 e. The summed E-state index contributed by atoms with van der Waals surface area (Å²) >= 11 is 0. The number of hydrogen-bond donors (Lipinski definition) is 3. The first-order valence-corrected chi connectivity index (χ1v) is 10.0. The number of nitrogens with one attached hydrogen (secondary N) is 2. The molecule has 3 N–H and O–H groups in total. The second-order valence-corrected chi connectivity index (χ2v) is 8.10. The Bertz CT molecular complexity index is 496. The number of rotatable bonds is 10. The summed E-state index contributed by atoms with van der Waals surface area (Å²) in [6.07, 6.45) is 3.99. The van der Waals surface area contributed by atoms with Crippen LogP contribution in [0, 0.1) is 11.8 Å². The molecule has 1 rings (SSSR count). The fourth-order valence-corrected chi connectivity index (χ4v) is 3.19. The second kappa shape index (κ2) is 11.8. The fourth-order valence-electron chi connectivity index (χ4n) is 3.19. The highest BCUT2D eigenvalue weighted by molar-refractivity contribution is 5.89. The lowest BCUT2D eigenvalue weighted by atomic mass is 10.1. The van der Waals surface area contributed by atoms with Crippen molar-refractivity contribution in [2.75, 3.05) is 26.2 Å². The Morgan fingerprint density at radius 2 is 1.81 bits per heavy atom. The highest BCUT2D eigenvalue weighted by atomic mass is 16.5. The molecule has 1 fully saturated rings. The summed E-state index contributed by atoms with van der Waals surface area (Å²) in [6.45, 7) is 9.70. The summed E-state index contributed by atoms with van der Waals surface area (Å²) in [5, 5.41) is 11.7. The van der Waals surface area contributed by atoms with Crippen molar-refractivity contribution in [1.29, 1.82) is 0 Å². The molecule has 0 aromatic rings. The molecule has 0 aromatic heterocycles. The molecule has 1 saturated heterocycles. The van der Waals surface area contributed by atoms with Crippen molar-refractivity contribution in [2.24, 2.45) is 11.8 Å². The van der Waals surface area contributed by atoms with Crippen LogP contribution in [0.2, 0.25) is 0 Å². The van der Waals surface area contributed by atoms with Gasteiger partial charge in [-0.05, 0) is 43.9 Å². The number of carbonyl (C=O) groups is 3. The molecule has 0 unspecified atom stereocenters. The number of likely N-dealkylation sites (tertiary alicyclic amines) is 1. The normalized spacial score (nSPS) is 16.7. The van der Waals surface area contributed by atoms with E-state index in [-0.39, 0.29) is 18.5 Å². The predicted octanol–water partition coefficient (Wildman–Crippen LogP) is 1.98. The quantitative estimate of drug-likeness (QED) is 0.396. The summed E-state index contributed by atoms with van der Waals surface area (Å²) in [4.78, 5) is 40.1. The van der Waals surface area contributed by atoms with Crippen LogP contribution < -0.4 is 10.8 Å². The Morgan fingerprint density at radius 3 is 2.41 bits per heavy atom. The monoisotopic (exact) mass is 384 g/mol. The third-order valence-electron chi connectivity index (χ3n) is 4.76. The number of amides is 4. The molecule has 8 nitrogen and oxygen atoms in total. The van der Waals surface area contributed by atoms with E-state index in [1.165, 1.54) is 4.90 Å². The SMILES string of the molecule is CC(C)CCCN(CC(=O)NO)C(=O)N1CCC[C@H]1C(=O)NCCC(C)C. The van der Waals surface area contributed by atoms with E-state index < -0.39 is 11.9 Å². The molecule has 0 bridgehead atoms. The van der Waals surface area contributed by atoms with Crippen LogP contribution in [0.25, 0.3) is 0 Å². The van der Waals surface area contributed by atoms with E-state index in [9.17, 15) is 14.4 Å². The van der Waals surface area contributed by atoms with E-state index in [0.29, 0.717) is 37.9 Å². The van der Waals surface area contributed by atoms with Gasteiger partial charge in [-0.15, -0.1) is 0 Å². The smallest absolute Gasteiger partial charge is 0.321 e. The van der Waals surface area contributed by atoms with Crippen molar-refractivity contribution in [1.82, 2.24) is 20.6 Å². The Hall–Kier alpha value is -1.83. The Labute approximate surface area is 162 Å². The molecule has 0 radical (unpaired) electrons. The van der Waals surface area contributed by atoms with Crippen LogP contribution >= 0.6 is 0 Å². The first-order valence-electron chi connectivity index (χ1n) is 10.0. The summed E-state index contributed by atoms with van der Waals surface area (Å²) in [5.41, 5.74) is 1.58. The van der Waals surface area contributed by atoms with Gasteiger partial charge in [-0.3, -0.25) is 14.8 Å². The lowest BCUT2D eigenvalue weighted by Gasteiger charge is -2.31. The third-order valence-corrected chi connectivity index (χ3v) is 4.76. The van der Waals surface area contributed by atoms with E-state index in [1.54, 1.807) is 10.4 Å². The van der Waals surface area contributed by atoms with E-state index in [2.05, 4.69) is 33.0 Å². The van der Waals surface area contributed by atoms with Crippen molar-refractivity contribution >= 4 is 17.8 Å². The van der Waals surface area contributed by atoms with Crippen LogP contribution in [0.4, 0.5) is 4.79 Å². The third kappa shape index (κ3) is 8.15. The number of nitrogens with zero attached hydrogens (tertiary/aromatic N) is 2. The molecular formula is C19H36N4O4. The van der Waals surface area contributed by atoms with Crippen molar-refractivity contribution in [2.45, 2.75) is 65.8 Å². The molecule has 0 aromatic carbocycles. The zero-order valence-electron chi connectivity index (χ0n) is 17.2. The van der Waals surface area contributed by atoms with Gasteiger partial charge in [0, 0.05) is 19.6 Å². The van der Waals surface area contributed by atoms with Gasteiger partial charge in [0.05, 0.1) is 0 Å². The van der Waals surface area contributed by atoms with Crippen LogP contribution in [0.1, 0.15) is 59.8 Å². The van der Waals surface area contributed by atoms with Gasteiger partial charge in [0.15, 0.2) is 0 Å². The molecule has 0 aliphatic carbocycles. The van der Waals surface area contributed by atoms with Crippen molar-refractivity contribution in [3.63, 3.8) is 0 Å². The molecule has 4 amide bonds. The van der Waals surface area contributed by atoms with Crippen LogP contribution in [0.3, 0.4) is 0 Å². The van der Waals surface area contributed by atoms with Gasteiger partial charge >= 0.3 is 6.03 Å². The number of carbonyl (C=O) groups excluding carboxylic acids is 3. The first kappa shape index (κ1) is 23.2. The van der Waals surface area contributed by atoms with Crippen molar-refractivity contribution in [3.05, 3.63) is 0 Å². The standard InChI is InChI=1S/C19H36N4O4/c1-14(2)7-5-11-22(13-17(24)21-27)19(26)23-12-6-8-16(23)18(25)20-10-9-15(3)4/h14-16,27H,5-13H2,1-4H3,(H,20,25)(H,21,24)/t16-/m0/s1. The van der Waals surface area contributed by atoms with Gasteiger partial charge in [-0.1, -0.05) is 27.7 Å². The minimum absolute atomic E-state index is 0.129. The fraction of sp³-hybridized carbons (Fsp3) is 0.842. The lowest BCUT2D eigenvalue weighted by molar-refractivity contribution is -0.129. The lowest BCUT2D eigenvalue weighted by Crippen LogP contribution is -2.52. The Morgan fingerprint density at radius 1 is 1.15 bits per heavy atom. The van der Waals surface area contributed by atoms with Crippen LogP contribution in [-0.4, -0.2) is 65.1 Å². The van der Waals surface area contributed by atoms with Crippen LogP contribution in [0.15, 0.2) is 0 Å². The maximum absolute atomic E-state index is 13.0. The molecule has 8 heteroatoms. The van der Waals surface area contributed by atoms with E-state index in [1.807, 2.05) is 0 Å². The first-order chi connectivity index (χ1) is 12.8. The molecule has 0 saturated carbocycles. The summed E-state index contributed by atoms with van der Waals surface area (Å²) in [6, 6.07) is -0.807. The average molecular weight is 385 g/mol. The van der Waals surface area contributed by atoms with Crippen LogP contribution in [0.5, 0.6) is 0 Å². The maximum atomic E-state index is 13.0. The van der Waals surface area contributed by atoms with Crippen LogP contribution in [-0.2, 0) is 9.59 Å². The van der Waals surface area contributed by atoms with E-state index in [4.69, 9.17) is 5.21 Å². The molecule has 1 aliphatic rings. The molecule has 1 heterocycles. The van der Waals surface area contributed by atoms with E-state index in [0.717, 1.165) is 25.7 Å². The topological polar surface area (TPSA) is 102 Å². The molecule has 27 heavy (non-hydrogen) atoms. The van der Waals surface area contributed by atoms with Gasteiger partial charge in [-0.25, -0.2) is 10.3 Å². The number of urea groups is 1. The largest absolute Gasteiger partial charge is 0.354 e. The number of hydrogen-bond acceptors (Lipinski definition) is 4. The van der Waals surface area contributed by atoms with Gasteiger partial charge in [0.1, 0.15) is 12.6 Å². The van der Waals surface area contributed by atoms with Gasteiger partial charge < -0.3 is 15.1 Å². The zero-order chi connectivity index (χ0) is 20.4. The predicted molar refractivity (Wildman–Crippen MR) is 103 cm³/mol. The van der Waals surface area contributed by atoms with Crippen molar-refractivity contribution in [3.8, 4) is 0 Å². The Balaban J connectivity index is 2.72. The molecule has 0 spiro atoms. The van der Waals surface area contributed by atoms with Gasteiger partial charge in [0.2, 0.25) is 5.91 Å². The summed E-state index contributed by atoms with van der Waals surface area (Å²) in [7, 11) is 0. The average Bonchev–Trinajstić information content (AvgIpc) is 3.09. The highest BCUT2D eigenvalue weighted by Crippen LogP contribution is 2.20. The minimum atomic E-state index is -0.634. The molecular weight excluding hydrogens is 348 g/mol. The Kier molecular flexibility index (Phi) is 10.1. The summed E-state index contributed by atoms with van der Waals surface area (Å²) in [5.74, 6) is 0.236. The van der Waals surface area contributed by atoms with E-state index >= 15 is 0 Å².